The average molecular weight is 440 g/mol. The van der Waals surface area contributed by atoms with Crippen LogP contribution < -0.4 is 25.6 Å². The van der Waals surface area contributed by atoms with Gasteiger partial charge < -0.3 is 30.7 Å². The summed E-state index contributed by atoms with van der Waals surface area (Å²) in [6.45, 7) is 5.59. The van der Waals surface area contributed by atoms with Gasteiger partial charge in [0.1, 0.15) is 11.5 Å². The lowest BCUT2D eigenvalue weighted by molar-refractivity contribution is 0.0955. The number of amides is 1. The van der Waals surface area contributed by atoms with Gasteiger partial charge in [-0.15, -0.1) is 0 Å². The molecule has 32 heavy (non-hydrogen) atoms. The second-order valence-corrected chi connectivity index (χ2v) is 7.69. The number of aromatic hydroxyl groups is 1. The third-order valence-corrected chi connectivity index (χ3v) is 5.32. The van der Waals surface area contributed by atoms with E-state index in [1.807, 2.05) is 19.1 Å². The summed E-state index contributed by atoms with van der Waals surface area (Å²) in [7, 11) is 1.69. The molecule has 172 valence electrons. The summed E-state index contributed by atoms with van der Waals surface area (Å²) < 4.78 is 5.36. The Morgan fingerprint density at radius 3 is 2.78 bits per heavy atom. The summed E-state index contributed by atoms with van der Waals surface area (Å²) in [5, 5.41) is 19.0. The van der Waals surface area contributed by atoms with E-state index in [9.17, 15) is 9.90 Å². The molecule has 0 aliphatic carbocycles. The van der Waals surface area contributed by atoms with Crippen LogP contribution in [0.3, 0.4) is 0 Å². The van der Waals surface area contributed by atoms with Crippen molar-refractivity contribution >= 4 is 17.6 Å². The van der Waals surface area contributed by atoms with Gasteiger partial charge in [-0.3, -0.25) is 9.79 Å². The van der Waals surface area contributed by atoms with Gasteiger partial charge in [0.2, 0.25) is 0 Å². The monoisotopic (exact) mass is 439 g/mol. The quantitative estimate of drug-likeness (QED) is 0.286. The molecule has 0 aromatic heterocycles. The van der Waals surface area contributed by atoms with Crippen molar-refractivity contribution in [3.05, 3.63) is 54.1 Å². The van der Waals surface area contributed by atoms with Crippen molar-refractivity contribution in [1.82, 2.24) is 16.0 Å². The summed E-state index contributed by atoms with van der Waals surface area (Å²) in [6.07, 6.45) is 2.17. The van der Waals surface area contributed by atoms with Gasteiger partial charge in [0.15, 0.2) is 5.96 Å². The summed E-state index contributed by atoms with van der Waals surface area (Å²) in [6, 6.07) is 14.6. The first kappa shape index (κ1) is 23.2. The molecular formula is C24H33N5O3. The van der Waals surface area contributed by atoms with Crippen molar-refractivity contribution in [3.8, 4) is 11.5 Å². The van der Waals surface area contributed by atoms with Crippen LogP contribution in [0.5, 0.6) is 11.5 Å². The molecule has 0 radical (unpaired) electrons. The summed E-state index contributed by atoms with van der Waals surface area (Å²) >= 11 is 0. The number of ether oxygens (including phenoxy) is 1. The van der Waals surface area contributed by atoms with E-state index < -0.39 is 0 Å². The van der Waals surface area contributed by atoms with E-state index in [1.54, 1.807) is 19.2 Å². The van der Waals surface area contributed by atoms with E-state index in [0.717, 1.165) is 49.9 Å². The molecule has 0 saturated carbocycles. The summed E-state index contributed by atoms with van der Waals surface area (Å²) in [4.78, 5) is 19.2. The lowest BCUT2D eigenvalue weighted by Gasteiger charge is -2.35. The number of carbonyl (C=O) groups excluding carboxylic acids is 1. The molecule has 0 bridgehead atoms. The highest BCUT2D eigenvalue weighted by Crippen LogP contribution is 2.24. The number of phenolic OH excluding ortho intramolecular Hbond substituents is 1. The smallest absolute Gasteiger partial charge is 0.251 e. The minimum absolute atomic E-state index is 0.139. The molecule has 0 spiro atoms. The van der Waals surface area contributed by atoms with Crippen LogP contribution in [0.2, 0.25) is 0 Å². The minimum Gasteiger partial charge on any atom is -0.508 e. The van der Waals surface area contributed by atoms with Crippen LogP contribution in [0, 0.1) is 0 Å². The lowest BCUT2D eigenvalue weighted by atomic mass is 10.0. The number of guanidine groups is 1. The predicted octanol–water partition coefficient (Wildman–Crippen LogP) is 2.35. The van der Waals surface area contributed by atoms with Gasteiger partial charge in [-0.25, -0.2) is 0 Å². The average Bonchev–Trinajstić information content (AvgIpc) is 2.82. The zero-order chi connectivity index (χ0) is 22.8. The SMILES string of the molecule is CCNC(=NCCNC(=O)c1ccc(O)cc1)NC1CCCN(c2cccc(OC)c2)C1. The van der Waals surface area contributed by atoms with E-state index in [2.05, 4.69) is 38.0 Å². The Morgan fingerprint density at radius 2 is 2.03 bits per heavy atom. The van der Waals surface area contributed by atoms with Gasteiger partial charge in [-0.1, -0.05) is 6.07 Å². The number of hydrogen-bond donors (Lipinski definition) is 4. The van der Waals surface area contributed by atoms with E-state index >= 15 is 0 Å². The normalized spacial score (nSPS) is 16.4. The van der Waals surface area contributed by atoms with Crippen LogP contribution in [0.1, 0.15) is 30.1 Å². The Labute approximate surface area is 189 Å². The fraction of sp³-hybridized carbons (Fsp3) is 0.417. The van der Waals surface area contributed by atoms with Gasteiger partial charge in [-0.2, -0.15) is 0 Å². The van der Waals surface area contributed by atoms with Crippen molar-refractivity contribution in [2.45, 2.75) is 25.8 Å². The third-order valence-electron chi connectivity index (χ3n) is 5.32. The number of hydrogen-bond acceptors (Lipinski definition) is 5. The number of aliphatic imine (C=N–C) groups is 1. The molecule has 1 aliphatic rings. The number of anilines is 1. The molecule has 8 nitrogen and oxygen atoms in total. The van der Waals surface area contributed by atoms with Gasteiger partial charge in [-0.05, 0) is 56.2 Å². The van der Waals surface area contributed by atoms with E-state index in [4.69, 9.17) is 4.74 Å². The highest BCUT2D eigenvalue weighted by molar-refractivity contribution is 5.94. The molecule has 1 fully saturated rings. The molecule has 2 aromatic carbocycles. The van der Waals surface area contributed by atoms with Gasteiger partial charge in [0, 0.05) is 49.5 Å². The predicted molar refractivity (Wildman–Crippen MR) is 128 cm³/mol. The van der Waals surface area contributed by atoms with Gasteiger partial charge in [0.25, 0.3) is 5.91 Å². The largest absolute Gasteiger partial charge is 0.508 e. The fourth-order valence-electron chi connectivity index (χ4n) is 3.70. The van der Waals surface area contributed by atoms with Crippen LogP contribution in [0.15, 0.2) is 53.5 Å². The molecule has 2 aromatic rings. The maximum absolute atomic E-state index is 12.2. The lowest BCUT2D eigenvalue weighted by Crippen LogP contribution is -2.51. The first-order valence-electron chi connectivity index (χ1n) is 11.1. The topological polar surface area (TPSA) is 98.2 Å². The molecule has 1 unspecified atom stereocenters. The minimum atomic E-state index is -0.181. The fourth-order valence-corrected chi connectivity index (χ4v) is 3.70. The molecule has 1 amide bonds. The number of piperidine rings is 1. The molecule has 1 heterocycles. The summed E-state index contributed by atoms with van der Waals surface area (Å²) in [5.41, 5.74) is 1.67. The molecule has 1 saturated heterocycles. The standard InChI is InChI=1S/C24H33N5O3/c1-3-25-24(27-14-13-26-23(31)18-9-11-21(30)12-10-18)28-19-6-5-15-29(17-19)20-7-4-8-22(16-20)32-2/h4,7-12,16,19,30H,3,5-6,13-15,17H2,1-2H3,(H,26,31)(H2,25,27,28). The Bertz CT molecular complexity index is 901. The number of methoxy groups -OCH3 is 1. The van der Waals surface area contributed by atoms with Crippen molar-refractivity contribution in [3.63, 3.8) is 0 Å². The van der Waals surface area contributed by atoms with E-state index in [-0.39, 0.29) is 17.7 Å². The number of nitrogens with zero attached hydrogens (tertiary/aromatic N) is 2. The maximum atomic E-state index is 12.2. The number of phenols is 1. The number of rotatable bonds is 8. The van der Waals surface area contributed by atoms with E-state index in [0.29, 0.717) is 18.7 Å². The van der Waals surface area contributed by atoms with Crippen molar-refractivity contribution in [2.75, 3.05) is 44.7 Å². The van der Waals surface area contributed by atoms with Gasteiger partial charge in [0.05, 0.1) is 13.7 Å². The molecule has 1 atom stereocenters. The Balaban J connectivity index is 1.51. The number of nitrogens with one attached hydrogen (secondary N) is 3. The Hall–Kier alpha value is -3.42. The van der Waals surface area contributed by atoms with Crippen molar-refractivity contribution in [1.29, 1.82) is 0 Å². The Morgan fingerprint density at radius 1 is 1.22 bits per heavy atom. The van der Waals surface area contributed by atoms with Crippen LogP contribution in [-0.4, -0.2) is 62.8 Å². The van der Waals surface area contributed by atoms with Gasteiger partial charge >= 0.3 is 0 Å². The number of carbonyl (C=O) groups is 1. The van der Waals surface area contributed by atoms with Crippen molar-refractivity contribution < 1.29 is 14.6 Å². The molecule has 1 aliphatic heterocycles. The second-order valence-electron chi connectivity index (χ2n) is 7.69. The number of benzene rings is 2. The van der Waals surface area contributed by atoms with Crippen molar-refractivity contribution in [2.24, 2.45) is 4.99 Å². The van der Waals surface area contributed by atoms with E-state index in [1.165, 1.54) is 12.1 Å². The molecule has 4 N–H and O–H groups in total. The van der Waals surface area contributed by atoms with Crippen LogP contribution in [0.4, 0.5) is 5.69 Å². The molecule has 8 heteroatoms. The third kappa shape index (κ3) is 6.80. The van der Waals surface area contributed by atoms with Crippen LogP contribution >= 0.6 is 0 Å². The second kappa shape index (κ2) is 11.8. The first-order valence-corrected chi connectivity index (χ1v) is 11.1. The maximum Gasteiger partial charge on any atom is 0.251 e. The first-order chi connectivity index (χ1) is 15.6. The highest BCUT2D eigenvalue weighted by atomic mass is 16.5. The Kier molecular flexibility index (Phi) is 8.60. The van der Waals surface area contributed by atoms with Crippen LogP contribution in [-0.2, 0) is 0 Å². The van der Waals surface area contributed by atoms with Crippen LogP contribution in [0.25, 0.3) is 0 Å². The molecule has 3 rings (SSSR count). The summed E-state index contributed by atoms with van der Waals surface area (Å²) in [5.74, 6) is 1.57. The zero-order valence-corrected chi connectivity index (χ0v) is 18.8. The highest BCUT2D eigenvalue weighted by Gasteiger charge is 2.21. The molecular weight excluding hydrogens is 406 g/mol. The zero-order valence-electron chi connectivity index (χ0n) is 18.8.